The SMILES string of the molecule is CCCOc1cccc(N2C(=O)C(=O)/C(=C(\O)c3ccc4c(c3)CCO4)C2c2ccco2)c1. The van der Waals surface area contributed by atoms with Gasteiger partial charge in [0.1, 0.15) is 29.1 Å². The van der Waals surface area contributed by atoms with Crippen LogP contribution >= 0.6 is 0 Å². The van der Waals surface area contributed by atoms with E-state index in [1.54, 1.807) is 54.6 Å². The molecular formula is C26H23NO6. The number of aliphatic hydroxyl groups is 1. The van der Waals surface area contributed by atoms with Crippen molar-refractivity contribution < 1.29 is 28.6 Å². The minimum Gasteiger partial charge on any atom is -0.507 e. The van der Waals surface area contributed by atoms with Crippen LogP contribution in [0, 0.1) is 0 Å². The summed E-state index contributed by atoms with van der Waals surface area (Å²) in [6.45, 7) is 3.11. The molecule has 3 aromatic rings. The van der Waals surface area contributed by atoms with E-state index in [9.17, 15) is 14.7 Å². The Morgan fingerprint density at radius 2 is 2.03 bits per heavy atom. The van der Waals surface area contributed by atoms with Crippen LogP contribution in [0.25, 0.3) is 5.76 Å². The van der Waals surface area contributed by atoms with E-state index in [1.165, 1.54) is 11.2 Å². The van der Waals surface area contributed by atoms with Gasteiger partial charge in [-0.2, -0.15) is 0 Å². The molecule has 0 radical (unpaired) electrons. The van der Waals surface area contributed by atoms with E-state index in [1.807, 2.05) is 6.92 Å². The molecule has 1 aromatic heterocycles. The maximum absolute atomic E-state index is 13.2. The average Bonchev–Trinajstić information content (AvgIpc) is 3.57. The van der Waals surface area contributed by atoms with E-state index in [0.29, 0.717) is 36.0 Å². The van der Waals surface area contributed by atoms with Crippen molar-refractivity contribution in [3.05, 3.63) is 83.3 Å². The van der Waals surface area contributed by atoms with Crippen molar-refractivity contribution in [1.82, 2.24) is 0 Å². The van der Waals surface area contributed by atoms with Gasteiger partial charge in [-0.25, -0.2) is 0 Å². The summed E-state index contributed by atoms with van der Waals surface area (Å²) in [5.74, 6) is -0.0300. The number of fused-ring (bicyclic) bond motifs is 1. The Morgan fingerprint density at radius 3 is 2.82 bits per heavy atom. The minimum absolute atomic E-state index is 0.0197. The first-order valence-electron chi connectivity index (χ1n) is 10.9. The third-order valence-corrected chi connectivity index (χ3v) is 5.79. The molecule has 1 atom stereocenters. The number of carbonyl (C=O) groups excluding carboxylic acids is 2. The van der Waals surface area contributed by atoms with Crippen LogP contribution in [0.1, 0.15) is 36.3 Å². The second-order valence-electron chi connectivity index (χ2n) is 7.95. The van der Waals surface area contributed by atoms with Gasteiger partial charge in [0.2, 0.25) is 0 Å². The van der Waals surface area contributed by atoms with E-state index < -0.39 is 17.7 Å². The maximum atomic E-state index is 13.2. The standard InChI is InChI=1S/C26H23NO6/c1-2-11-31-19-6-3-5-18(15-19)27-23(21-7-4-12-32-21)22(25(29)26(27)30)24(28)17-8-9-20-16(14-17)10-13-33-20/h3-9,12,14-15,23,28H,2,10-11,13H2,1H3/b24-22-. The molecule has 1 unspecified atom stereocenters. The predicted molar refractivity (Wildman–Crippen MR) is 121 cm³/mol. The molecule has 0 saturated carbocycles. The number of ether oxygens (including phenoxy) is 2. The quantitative estimate of drug-likeness (QED) is 0.338. The Hall–Kier alpha value is -4.00. The first kappa shape index (κ1) is 20.9. The number of anilines is 1. The largest absolute Gasteiger partial charge is 0.507 e. The van der Waals surface area contributed by atoms with Gasteiger partial charge in [-0.3, -0.25) is 14.5 Å². The summed E-state index contributed by atoms with van der Waals surface area (Å²) in [5, 5.41) is 11.2. The van der Waals surface area contributed by atoms with Crippen LogP contribution in [0.4, 0.5) is 5.69 Å². The molecule has 2 aliphatic rings. The molecular weight excluding hydrogens is 422 g/mol. The molecule has 1 fully saturated rings. The average molecular weight is 445 g/mol. The number of nitrogens with zero attached hydrogens (tertiary/aromatic N) is 1. The van der Waals surface area contributed by atoms with Gasteiger partial charge in [0.15, 0.2) is 0 Å². The van der Waals surface area contributed by atoms with Gasteiger partial charge in [0.05, 0.1) is 25.1 Å². The number of hydrogen-bond donors (Lipinski definition) is 1. The number of carbonyl (C=O) groups is 2. The van der Waals surface area contributed by atoms with E-state index in [4.69, 9.17) is 13.9 Å². The Labute approximate surface area is 190 Å². The number of benzene rings is 2. The van der Waals surface area contributed by atoms with Gasteiger partial charge in [-0.1, -0.05) is 13.0 Å². The van der Waals surface area contributed by atoms with Crippen LogP contribution in [-0.4, -0.2) is 30.0 Å². The van der Waals surface area contributed by atoms with Crippen molar-refractivity contribution in [1.29, 1.82) is 0 Å². The second-order valence-corrected chi connectivity index (χ2v) is 7.95. The van der Waals surface area contributed by atoms with Crippen LogP contribution in [0.5, 0.6) is 11.5 Å². The zero-order valence-corrected chi connectivity index (χ0v) is 18.1. The third kappa shape index (κ3) is 3.65. The van der Waals surface area contributed by atoms with Crippen molar-refractivity contribution in [2.24, 2.45) is 0 Å². The topological polar surface area (TPSA) is 89.2 Å². The highest BCUT2D eigenvalue weighted by atomic mass is 16.5. The van der Waals surface area contributed by atoms with Gasteiger partial charge in [0, 0.05) is 23.7 Å². The zero-order chi connectivity index (χ0) is 22.9. The predicted octanol–water partition coefficient (Wildman–Crippen LogP) is 4.63. The van der Waals surface area contributed by atoms with Crippen molar-refractivity contribution in [2.45, 2.75) is 25.8 Å². The molecule has 1 amide bonds. The lowest BCUT2D eigenvalue weighted by molar-refractivity contribution is -0.132. The Balaban J connectivity index is 1.63. The first-order valence-corrected chi connectivity index (χ1v) is 10.9. The summed E-state index contributed by atoms with van der Waals surface area (Å²) < 4.78 is 16.9. The normalized spacial score (nSPS) is 18.9. The lowest BCUT2D eigenvalue weighted by Crippen LogP contribution is -2.29. The van der Waals surface area contributed by atoms with Crippen molar-refractivity contribution in [2.75, 3.05) is 18.1 Å². The Morgan fingerprint density at radius 1 is 1.15 bits per heavy atom. The fourth-order valence-electron chi connectivity index (χ4n) is 4.25. The maximum Gasteiger partial charge on any atom is 0.300 e. The highest BCUT2D eigenvalue weighted by molar-refractivity contribution is 6.51. The molecule has 1 N–H and O–H groups in total. The summed E-state index contributed by atoms with van der Waals surface area (Å²) in [7, 11) is 0. The monoisotopic (exact) mass is 445 g/mol. The smallest absolute Gasteiger partial charge is 0.300 e. The third-order valence-electron chi connectivity index (χ3n) is 5.79. The summed E-state index contributed by atoms with van der Waals surface area (Å²) >= 11 is 0. The summed E-state index contributed by atoms with van der Waals surface area (Å²) in [4.78, 5) is 27.7. The Kier molecular flexibility index (Phi) is 5.38. The van der Waals surface area contributed by atoms with Crippen molar-refractivity contribution >= 4 is 23.1 Å². The Bertz CT molecular complexity index is 1240. The molecule has 2 aromatic carbocycles. The highest BCUT2D eigenvalue weighted by Gasteiger charge is 2.48. The van der Waals surface area contributed by atoms with Gasteiger partial charge in [-0.15, -0.1) is 0 Å². The molecule has 3 heterocycles. The second kappa shape index (κ2) is 8.50. The van der Waals surface area contributed by atoms with Crippen molar-refractivity contribution in [3.8, 4) is 11.5 Å². The van der Waals surface area contributed by atoms with E-state index in [0.717, 1.165) is 24.2 Å². The number of hydrogen-bond acceptors (Lipinski definition) is 6. The van der Waals surface area contributed by atoms with Gasteiger partial charge in [0.25, 0.3) is 11.7 Å². The van der Waals surface area contributed by atoms with Crippen LogP contribution < -0.4 is 14.4 Å². The molecule has 7 heteroatoms. The van der Waals surface area contributed by atoms with Crippen LogP contribution in [0.3, 0.4) is 0 Å². The summed E-state index contributed by atoms with van der Waals surface area (Å²) in [6, 6.07) is 14.7. The van der Waals surface area contributed by atoms with E-state index >= 15 is 0 Å². The number of ketones is 1. The first-order chi connectivity index (χ1) is 16.1. The molecule has 2 aliphatic heterocycles. The lowest BCUT2D eigenvalue weighted by Gasteiger charge is -2.24. The molecule has 168 valence electrons. The van der Waals surface area contributed by atoms with E-state index in [-0.39, 0.29) is 11.3 Å². The summed E-state index contributed by atoms with van der Waals surface area (Å²) in [5.41, 5.74) is 1.86. The fraction of sp³-hybridized carbons (Fsp3) is 0.231. The molecule has 7 nitrogen and oxygen atoms in total. The van der Waals surface area contributed by atoms with Crippen LogP contribution in [-0.2, 0) is 16.0 Å². The van der Waals surface area contributed by atoms with Crippen molar-refractivity contribution in [3.63, 3.8) is 0 Å². The van der Waals surface area contributed by atoms with Gasteiger partial charge in [-0.05, 0) is 54.4 Å². The van der Waals surface area contributed by atoms with Crippen LogP contribution in [0.2, 0.25) is 0 Å². The van der Waals surface area contributed by atoms with E-state index in [2.05, 4.69) is 0 Å². The molecule has 5 rings (SSSR count). The minimum atomic E-state index is -0.911. The molecule has 33 heavy (non-hydrogen) atoms. The highest BCUT2D eigenvalue weighted by Crippen LogP contribution is 2.43. The zero-order valence-electron chi connectivity index (χ0n) is 18.1. The fourth-order valence-corrected chi connectivity index (χ4v) is 4.25. The lowest BCUT2D eigenvalue weighted by atomic mass is 9.98. The number of furan rings is 1. The number of Topliss-reactive ketones (excluding diaryl/α,β-unsaturated/α-hetero) is 1. The molecule has 0 spiro atoms. The molecule has 0 aliphatic carbocycles. The molecule has 1 saturated heterocycles. The number of aliphatic hydroxyl groups excluding tert-OH is 1. The number of rotatable bonds is 6. The number of amides is 1. The molecule has 0 bridgehead atoms. The summed E-state index contributed by atoms with van der Waals surface area (Å²) in [6.07, 6.45) is 3.03. The van der Waals surface area contributed by atoms with Gasteiger partial charge >= 0.3 is 0 Å². The van der Waals surface area contributed by atoms with Gasteiger partial charge < -0.3 is 19.0 Å². The van der Waals surface area contributed by atoms with Crippen LogP contribution in [0.15, 0.2) is 70.9 Å².